The first kappa shape index (κ1) is 32.4. The fourth-order valence-corrected chi connectivity index (χ4v) is 5.89. The van der Waals surface area contributed by atoms with Crippen molar-refractivity contribution in [3.63, 3.8) is 0 Å². The number of nitrogens with zero attached hydrogens (tertiary/aromatic N) is 1. The lowest BCUT2D eigenvalue weighted by atomic mass is 9.98. The molecule has 6 heteroatoms. The van der Waals surface area contributed by atoms with Crippen molar-refractivity contribution in [2.24, 2.45) is 5.92 Å². The SMILES string of the molecule is COC(=O)CCCCN(Cc1ccc(C(=O)OC)cc1)C[C@H](OCc1ccc(CCC2CCCC2)cc1)c1ccccc1. The lowest BCUT2D eigenvalue weighted by Crippen LogP contribution is -2.30. The Labute approximate surface area is 257 Å². The molecule has 3 aromatic rings. The van der Waals surface area contributed by atoms with Crippen LogP contribution in [0.25, 0.3) is 0 Å². The van der Waals surface area contributed by atoms with Gasteiger partial charge in [0.05, 0.1) is 32.5 Å². The number of esters is 2. The standard InChI is InChI=1S/C37H47NO5/c1-41-36(39)14-8-9-25-38(26-31-21-23-34(24-22-31)37(40)42-2)27-35(33-12-4-3-5-13-33)43-28-32-19-17-30(18-20-32)16-15-29-10-6-7-11-29/h3-5,12-13,17-24,29,35H,6-11,14-16,25-28H2,1-2H3/t35-/m0/s1. The van der Waals surface area contributed by atoms with Gasteiger partial charge in [-0.1, -0.05) is 92.4 Å². The van der Waals surface area contributed by atoms with E-state index in [1.165, 1.54) is 57.5 Å². The van der Waals surface area contributed by atoms with Crippen LogP contribution in [0.4, 0.5) is 0 Å². The fraction of sp³-hybridized carbons (Fsp3) is 0.459. The molecule has 0 spiro atoms. The zero-order valence-electron chi connectivity index (χ0n) is 25.8. The van der Waals surface area contributed by atoms with Crippen LogP contribution in [-0.4, -0.2) is 44.1 Å². The quantitative estimate of drug-likeness (QED) is 0.119. The summed E-state index contributed by atoms with van der Waals surface area (Å²) in [6.45, 7) is 2.73. The number of ether oxygens (including phenoxy) is 3. The lowest BCUT2D eigenvalue weighted by Gasteiger charge is -2.28. The molecule has 0 heterocycles. The summed E-state index contributed by atoms with van der Waals surface area (Å²) in [5.41, 5.74) is 5.35. The molecule has 0 saturated heterocycles. The van der Waals surface area contributed by atoms with Crippen molar-refractivity contribution < 1.29 is 23.8 Å². The van der Waals surface area contributed by atoms with Gasteiger partial charge in [-0.2, -0.15) is 0 Å². The van der Waals surface area contributed by atoms with Crippen LogP contribution in [0.3, 0.4) is 0 Å². The summed E-state index contributed by atoms with van der Waals surface area (Å²) in [7, 11) is 2.82. The van der Waals surface area contributed by atoms with Crippen molar-refractivity contribution >= 4 is 11.9 Å². The van der Waals surface area contributed by atoms with E-state index < -0.39 is 0 Å². The lowest BCUT2D eigenvalue weighted by molar-refractivity contribution is -0.140. The van der Waals surface area contributed by atoms with Gasteiger partial charge >= 0.3 is 11.9 Å². The summed E-state index contributed by atoms with van der Waals surface area (Å²) < 4.78 is 16.3. The number of benzene rings is 3. The van der Waals surface area contributed by atoms with E-state index >= 15 is 0 Å². The Hall–Kier alpha value is -3.48. The molecule has 0 unspecified atom stereocenters. The number of carbonyl (C=O) groups is 2. The summed E-state index contributed by atoms with van der Waals surface area (Å²) in [6, 6.07) is 26.9. The molecule has 0 aromatic heterocycles. The highest BCUT2D eigenvalue weighted by Gasteiger charge is 2.19. The molecule has 0 N–H and O–H groups in total. The highest BCUT2D eigenvalue weighted by Crippen LogP contribution is 2.29. The Morgan fingerprint density at radius 3 is 2.16 bits per heavy atom. The van der Waals surface area contributed by atoms with Gasteiger partial charge in [-0.15, -0.1) is 0 Å². The average Bonchev–Trinajstić information content (AvgIpc) is 3.58. The van der Waals surface area contributed by atoms with Gasteiger partial charge in [0, 0.05) is 19.5 Å². The number of aryl methyl sites for hydroxylation is 1. The van der Waals surface area contributed by atoms with Crippen LogP contribution in [0.5, 0.6) is 0 Å². The molecule has 1 saturated carbocycles. The summed E-state index contributed by atoms with van der Waals surface area (Å²) >= 11 is 0. The van der Waals surface area contributed by atoms with Gasteiger partial charge < -0.3 is 14.2 Å². The van der Waals surface area contributed by atoms with Crippen LogP contribution in [-0.2, 0) is 38.6 Å². The summed E-state index contributed by atoms with van der Waals surface area (Å²) in [5.74, 6) is 0.384. The second kappa shape index (κ2) is 17.6. The third-order valence-corrected chi connectivity index (χ3v) is 8.50. The topological polar surface area (TPSA) is 65.1 Å². The number of unbranched alkanes of at least 4 members (excludes halogenated alkanes) is 1. The van der Waals surface area contributed by atoms with Gasteiger partial charge in [0.25, 0.3) is 0 Å². The van der Waals surface area contributed by atoms with Crippen molar-refractivity contribution in [1.82, 2.24) is 4.90 Å². The van der Waals surface area contributed by atoms with Gasteiger partial charge in [-0.25, -0.2) is 4.79 Å². The Morgan fingerprint density at radius 1 is 0.814 bits per heavy atom. The second-order valence-electron chi connectivity index (χ2n) is 11.7. The number of hydrogen-bond donors (Lipinski definition) is 0. The maximum Gasteiger partial charge on any atom is 0.337 e. The van der Waals surface area contributed by atoms with Crippen LogP contribution < -0.4 is 0 Å². The molecule has 0 bridgehead atoms. The van der Waals surface area contributed by atoms with Crippen molar-refractivity contribution in [3.8, 4) is 0 Å². The van der Waals surface area contributed by atoms with Crippen molar-refractivity contribution in [3.05, 3.63) is 107 Å². The predicted molar refractivity (Wildman–Crippen MR) is 170 cm³/mol. The van der Waals surface area contributed by atoms with Gasteiger partial charge in [-0.05, 0) is 72.5 Å². The maximum absolute atomic E-state index is 11.9. The van der Waals surface area contributed by atoms with Crippen molar-refractivity contribution in [2.75, 3.05) is 27.3 Å². The highest BCUT2D eigenvalue weighted by atomic mass is 16.5. The van der Waals surface area contributed by atoms with Gasteiger partial charge in [0.15, 0.2) is 0 Å². The Morgan fingerprint density at radius 2 is 1.49 bits per heavy atom. The summed E-state index contributed by atoms with van der Waals surface area (Å²) in [6.07, 6.45) is 9.95. The molecule has 3 aromatic carbocycles. The van der Waals surface area contributed by atoms with E-state index in [2.05, 4.69) is 53.4 Å². The van der Waals surface area contributed by atoms with Gasteiger partial charge in [-0.3, -0.25) is 9.69 Å². The Balaban J connectivity index is 1.41. The van der Waals surface area contributed by atoms with E-state index in [-0.39, 0.29) is 18.0 Å². The van der Waals surface area contributed by atoms with E-state index in [1.54, 1.807) is 12.1 Å². The van der Waals surface area contributed by atoms with Crippen LogP contribution >= 0.6 is 0 Å². The Bertz CT molecular complexity index is 1240. The summed E-state index contributed by atoms with van der Waals surface area (Å²) in [5, 5.41) is 0. The molecule has 0 aliphatic heterocycles. The first-order valence-electron chi connectivity index (χ1n) is 15.7. The molecule has 230 valence electrons. The van der Waals surface area contributed by atoms with Gasteiger partial charge in [0.2, 0.25) is 0 Å². The fourth-order valence-electron chi connectivity index (χ4n) is 5.89. The van der Waals surface area contributed by atoms with E-state index in [4.69, 9.17) is 14.2 Å². The van der Waals surface area contributed by atoms with E-state index in [9.17, 15) is 9.59 Å². The predicted octanol–water partition coefficient (Wildman–Crippen LogP) is 7.70. The minimum atomic E-state index is -0.342. The second-order valence-corrected chi connectivity index (χ2v) is 11.7. The van der Waals surface area contributed by atoms with E-state index in [0.29, 0.717) is 31.7 Å². The highest BCUT2D eigenvalue weighted by molar-refractivity contribution is 5.89. The number of carbonyl (C=O) groups excluding carboxylic acids is 2. The Kier molecular flexibility index (Phi) is 13.3. The normalized spacial score (nSPS) is 14.1. The minimum Gasteiger partial charge on any atom is -0.469 e. The molecule has 43 heavy (non-hydrogen) atoms. The molecular formula is C37H47NO5. The van der Waals surface area contributed by atoms with Crippen LogP contribution in [0.15, 0.2) is 78.9 Å². The number of methoxy groups -OCH3 is 2. The summed E-state index contributed by atoms with van der Waals surface area (Å²) in [4.78, 5) is 25.9. The molecule has 1 aliphatic carbocycles. The van der Waals surface area contributed by atoms with Crippen LogP contribution in [0.2, 0.25) is 0 Å². The third-order valence-electron chi connectivity index (χ3n) is 8.50. The van der Waals surface area contributed by atoms with E-state index in [1.807, 2.05) is 18.2 Å². The maximum atomic E-state index is 11.9. The molecule has 1 fully saturated rings. The van der Waals surface area contributed by atoms with Crippen LogP contribution in [0.1, 0.15) is 90.1 Å². The molecule has 6 nitrogen and oxygen atoms in total. The first-order valence-corrected chi connectivity index (χ1v) is 15.7. The number of hydrogen-bond acceptors (Lipinski definition) is 6. The zero-order chi connectivity index (χ0) is 30.3. The minimum absolute atomic E-state index is 0.127. The van der Waals surface area contributed by atoms with Crippen molar-refractivity contribution in [2.45, 2.75) is 77.0 Å². The third kappa shape index (κ3) is 10.9. The van der Waals surface area contributed by atoms with Gasteiger partial charge in [0.1, 0.15) is 0 Å². The molecule has 0 amide bonds. The van der Waals surface area contributed by atoms with E-state index in [0.717, 1.165) is 42.9 Å². The first-order chi connectivity index (χ1) is 21.0. The molecule has 1 atom stereocenters. The number of rotatable bonds is 17. The molecule has 0 radical (unpaired) electrons. The molecule has 1 aliphatic rings. The largest absolute Gasteiger partial charge is 0.469 e. The smallest absolute Gasteiger partial charge is 0.337 e. The van der Waals surface area contributed by atoms with Crippen LogP contribution in [0, 0.1) is 5.92 Å². The molecular weight excluding hydrogens is 538 g/mol. The average molecular weight is 586 g/mol. The van der Waals surface area contributed by atoms with Crippen molar-refractivity contribution in [1.29, 1.82) is 0 Å². The zero-order valence-corrected chi connectivity index (χ0v) is 25.8. The monoisotopic (exact) mass is 585 g/mol. The molecule has 4 rings (SSSR count).